The zero-order chi connectivity index (χ0) is 12.4. The quantitative estimate of drug-likeness (QED) is 0.832. The van der Waals surface area contributed by atoms with Crippen molar-refractivity contribution in [3.63, 3.8) is 0 Å². The molecule has 1 saturated heterocycles. The number of nitrogens with two attached hydrogens (primary N) is 1. The number of piperidine rings is 1. The van der Waals surface area contributed by atoms with Crippen LogP contribution in [-0.2, 0) is 10.0 Å². The Labute approximate surface area is 105 Å². The van der Waals surface area contributed by atoms with E-state index in [4.69, 9.17) is 5.73 Å². The zero-order valence-electron chi connectivity index (χ0n) is 10.5. The van der Waals surface area contributed by atoms with Gasteiger partial charge in [-0.15, -0.1) is 0 Å². The van der Waals surface area contributed by atoms with Gasteiger partial charge >= 0.3 is 0 Å². The minimum absolute atomic E-state index is 0.0972. The van der Waals surface area contributed by atoms with Crippen molar-refractivity contribution in [2.24, 2.45) is 11.1 Å². The Kier molecular flexibility index (Phi) is 4.10. The molecule has 1 saturated carbocycles. The molecule has 5 heteroatoms. The lowest BCUT2D eigenvalue weighted by Gasteiger charge is -2.43. The first-order chi connectivity index (χ1) is 8.08. The van der Waals surface area contributed by atoms with Gasteiger partial charge in [-0.3, -0.25) is 0 Å². The molecule has 17 heavy (non-hydrogen) atoms. The molecule has 4 nitrogen and oxygen atoms in total. The van der Waals surface area contributed by atoms with Crippen molar-refractivity contribution in [1.29, 1.82) is 0 Å². The molecule has 1 aliphatic carbocycles. The van der Waals surface area contributed by atoms with Crippen molar-refractivity contribution in [2.75, 3.05) is 25.4 Å². The summed E-state index contributed by atoms with van der Waals surface area (Å²) in [6, 6.07) is 0. The highest BCUT2D eigenvalue weighted by atomic mass is 32.2. The summed E-state index contributed by atoms with van der Waals surface area (Å²) in [5.41, 5.74) is 5.82. The molecule has 1 heterocycles. The fourth-order valence-corrected chi connectivity index (χ4v) is 4.61. The predicted molar refractivity (Wildman–Crippen MR) is 69.2 cm³/mol. The lowest BCUT2D eigenvalue weighted by atomic mass is 9.68. The van der Waals surface area contributed by atoms with E-state index < -0.39 is 10.0 Å². The molecule has 1 aliphatic heterocycles. The Morgan fingerprint density at radius 2 is 1.59 bits per heavy atom. The predicted octanol–water partition coefficient (Wildman–Crippen LogP) is 1.32. The van der Waals surface area contributed by atoms with Crippen molar-refractivity contribution >= 4 is 10.0 Å². The van der Waals surface area contributed by atoms with E-state index in [0.29, 0.717) is 18.5 Å². The van der Waals surface area contributed by atoms with Crippen molar-refractivity contribution in [1.82, 2.24) is 4.31 Å². The fraction of sp³-hybridized carbons (Fsp3) is 1.00. The van der Waals surface area contributed by atoms with E-state index in [9.17, 15) is 8.42 Å². The maximum atomic E-state index is 11.9. The molecule has 2 rings (SSSR count). The average molecular weight is 260 g/mol. The second kappa shape index (κ2) is 5.24. The van der Waals surface area contributed by atoms with E-state index in [0.717, 1.165) is 12.8 Å². The number of hydrogen-bond donors (Lipinski definition) is 1. The third-order valence-corrected chi connectivity index (χ3v) is 6.37. The third-order valence-electron chi connectivity index (χ3n) is 4.47. The van der Waals surface area contributed by atoms with E-state index in [1.807, 2.05) is 0 Å². The first-order valence-corrected chi connectivity index (χ1v) is 8.37. The lowest BCUT2D eigenvalue weighted by molar-refractivity contribution is 0.102. The Morgan fingerprint density at radius 3 is 2.12 bits per heavy atom. The molecule has 0 aromatic heterocycles. The molecular formula is C12H24N2O2S. The number of rotatable bonds is 3. The highest BCUT2D eigenvalue weighted by molar-refractivity contribution is 7.89. The molecule has 0 aromatic rings. The van der Waals surface area contributed by atoms with Crippen LogP contribution in [0, 0.1) is 5.41 Å². The molecule has 2 aliphatic rings. The van der Waals surface area contributed by atoms with Gasteiger partial charge in [-0.1, -0.05) is 19.3 Å². The summed E-state index contributed by atoms with van der Waals surface area (Å²) >= 11 is 0. The molecule has 0 bridgehead atoms. The van der Waals surface area contributed by atoms with E-state index in [2.05, 4.69) is 0 Å². The Morgan fingerprint density at radius 1 is 1.00 bits per heavy atom. The summed E-state index contributed by atoms with van der Waals surface area (Å²) in [6.45, 7) is 1.65. The van der Waals surface area contributed by atoms with Crippen molar-refractivity contribution < 1.29 is 8.42 Å². The number of nitrogens with zero attached hydrogens (tertiary/aromatic N) is 1. The van der Waals surface area contributed by atoms with Gasteiger partial charge in [0.05, 0.1) is 5.75 Å². The van der Waals surface area contributed by atoms with Crippen LogP contribution in [0.25, 0.3) is 0 Å². The first-order valence-electron chi connectivity index (χ1n) is 6.76. The van der Waals surface area contributed by atoms with Gasteiger partial charge in [-0.05, 0) is 31.1 Å². The smallest absolute Gasteiger partial charge is 0.215 e. The second-order valence-corrected chi connectivity index (χ2v) is 7.65. The molecule has 2 N–H and O–H groups in total. The summed E-state index contributed by atoms with van der Waals surface area (Å²) in [5, 5.41) is 0. The van der Waals surface area contributed by atoms with Gasteiger partial charge in [0.2, 0.25) is 10.0 Å². The summed E-state index contributed by atoms with van der Waals surface area (Å²) in [6.07, 6.45) is 8.73. The van der Waals surface area contributed by atoms with Gasteiger partial charge in [0.1, 0.15) is 0 Å². The molecule has 2 fully saturated rings. The summed E-state index contributed by atoms with van der Waals surface area (Å²) in [5.74, 6) is 0.0972. The third kappa shape index (κ3) is 3.01. The molecule has 0 unspecified atom stereocenters. The first kappa shape index (κ1) is 13.3. The summed E-state index contributed by atoms with van der Waals surface area (Å²) < 4.78 is 25.5. The van der Waals surface area contributed by atoms with Crippen molar-refractivity contribution in [2.45, 2.75) is 44.9 Å². The summed E-state index contributed by atoms with van der Waals surface area (Å²) in [4.78, 5) is 0. The van der Waals surface area contributed by atoms with E-state index in [1.54, 1.807) is 4.31 Å². The van der Waals surface area contributed by atoms with Gasteiger partial charge < -0.3 is 5.73 Å². The number of hydrogen-bond acceptors (Lipinski definition) is 3. The zero-order valence-corrected chi connectivity index (χ0v) is 11.3. The minimum Gasteiger partial charge on any atom is -0.329 e. The van der Waals surface area contributed by atoms with Crippen LogP contribution in [0.5, 0.6) is 0 Å². The highest BCUT2D eigenvalue weighted by Gasteiger charge is 2.38. The Balaban J connectivity index is 1.93. The van der Waals surface area contributed by atoms with E-state index in [-0.39, 0.29) is 12.3 Å². The van der Waals surface area contributed by atoms with Crippen LogP contribution in [0.2, 0.25) is 0 Å². The SMILES string of the molecule is NCCS(=O)(=O)N1CCC2(CCCCC2)CC1. The maximum Gasteiger partial charge on any atom is 0.215 e. The maximum absolute atomic E-state index is 11.9. The normalized spacial score (nSPS) is 26.2. The average Bonchev–Trinajstić information content (AvgIpc) is 2.30. The van der Waals surface area contributed by atoms with Crippen LogP contribution >= 0.6 is 0 Å². The Bertz CT molecular complexity index is 338. The van der Waals surface area contributed by atoms with Crippen molar-refractivity contribution in [3.8, 4) is 0 Å². The van der Waals surface area contributed by atoms with Crippen LogP contribution < -0.4 is 5.73 Å². The topological polar surface area (TPSA) is 63.4 Å². The lowest BCUT2D eigenvalue weighted by Crippen LogP contribution is -2.45. The van der Waals surface area contributed by atoms with Crippen LogP contribution in [0.3, 0.4) is 0 Å². The standard InChI is InChI=1S/C12H24N2O2S/c13-8-11-17(15,16)14-9-6-12(7-10-14)4-2-1-3-5-12/h1-11,13H2. The van der Waals surface area contributed by atoms with E-state index >= 15 is 0 Å². The van der Waals surface area contributed by atoms with Crippen LogP contribution in [0.1, 0.15) is 44.9 Å². The molecule has 0 radical (unpaired) electrons. The Hall–Kier alpha value is -0.130. The second-order valence-electron chi connectivity index (χ2n) is 5.56. The summed E-state index contributed by atoms with van der Waals surface area (Å²) in [7, 11) is -3.08. The molecule has 0 atom stereocenters. The van der Waals surface area contributed by atoms with Crippen LogP contribution in [-0.4, -0.2) is 38.1 Å². The van der Waals surface area contributed by atoms with Crippen molar-refractivity contribution in [3.05, 3.63) is 0 Å². The van der Waals surface area contributed by atoms with Gasteiger partial charge in [0.15, 0.2) is 0 Å². The van der Waals surface area contributed by atoms with Gasteiger partial charge in [-0.2, -0.15) is 0 Å². The van der Waals surface area contributed by atoms with Gasteiger partial charge in [0.25, 0.3) is 0 Å². The highest BCUT2D eigenvalue weighted by Crippen LogP contribution is 2.44. The number of sulfonamides is 1. The molecule has 1 spiro atoms. The molecular weight excluding hydrogens is 236 g/mol. The van der Waals surface area contributed by atoms with Crippen LogP contribution in [0.4, 0.5) is 0 Å². The largest absolute Gasteiger partial charge is 0.329 e. The fourth-order valence-electron chi connectivity index (χ4n) is 3.32. The van der Waals surface area contributed by atoms with Gasteiger partial charge in [-0.25, -0.2) is 12.7 Å². The van der Waals surface area contributed by atoms with E-state index in [1.165, 1.54) is 32.1 Å². The molecule has 0 aromatic carbocycles. The van der Waals surface area contributed by atoms with Crippen LogP contribution in [0.15, 0.2) is 0 Å². The monoisotopic (exact) mass is 260 g/mol. The minimum atomic E-state index is -3.08. The molecule has 0 amide bonds. The molecule has 100 valence electrons. The van der Waals surface area contributed by atoms with Gasteiger partial charge in [0, 0.05) is 19.6 Å².